The summed E-state index contributed by atoms with van der Waals surface area (Å²) in [6.45, 7) is 2.58. The summed E-state index contributed by atoms with van der Waals surface area (Å²) in [6.07, 6.45) is 0.974. The van der Waals surface area contributed by atoms with E-state index in [1.54, 1.807) is 19.4 Å². The van der Waals surface area contributed by atoms with Gasteiger partial charge < -0.3 is 19.1 Å². The summed E-state index contributed by atoms with van der Waals surface area (Å²) < 4.78 is 16.4. The van der Waals surface area contributed by atoms with Gasteiger partial charge in [-0.15, -0.1) is 0 Å². The summed E-state index contributed by atoms with van der Waals surface area (Å²) in [4.78, 5) is 24.8. The second-order valence-corrected chi connectivity index (χ2v) is 5.64. The van der Waals surface area contributed by atoms with Gasteiger partial charge in [0.15, 0.2) is 0 Å². The van der Waals surface area contributed by atoms with E-state index in [1.165, 1.54) is 11.5 Å². The van der Waals surface area contributed by atoms with E-state index in [0.29, 0.717) is 11.3 Å². The molecule has 1 heterocycles. The molecule has 7 nitrogen and oxygen atoms in total. The van der Waals surface area contributed by atoms with Crippen LogP contribution >= 0.6 is 0 Å². The Labute approximate surface area is 140 Å². The van der Waals surface area contributed by atoms with E-state index in [1.807, 2.05) is 26.2 Å². The minimum atomic E-state index is -0.955. The van der Waals surface area contributed by atoms with Crippen LogP contribution in [-0.4, -0.2) is 56.1 Å². The van der Waals surface area contributed by atoms with Crippen molar-refractivity contribution in [3.05, 3.63) is 30.0 Å². The van der Waals surface area contributed by atoms with Gasteiger partial charge in [-0.25, -0.2) is 4.79 Å². The van der Waals surface area contributed by atoms with E-state index in [9.17, 15) is 9.59 Å². The molecule has 0 radical (unpaired) electrons. The van der Waals surface area contributed by atoms with E-state index in [4.69, 9.17) is 9.47 Å². The average Bonchev–Trinajstić information content (AvgIpc) is 2.91. The molecule has 130 valence electrons. The Morgan fingerprint density at radius 3 is 2.75 bits per heavy atom. The molecule has 0 spiro atoms. The largest absolute Gasteiger partial charge is 0.497 e. The number of aromatic nitrogens is 1. The fraction of sp³-hybridized carbons (Fsp3) is 0.412. The first-order valence-corrected chi connectivity index (χ1v) is 7.59. The Kier molecular flexibility index (Phi) is 5.81. The normalized spacial score (nSPS) is 12.2. The third kappa shape index (κ3) is 4.05. The molecule has 0 amide bonds. The average molecular weight is 334 g/mol. The maximum absolute atomic E-state index is 12.4. The zero-order chi connectivity index (χ0) is 17.7. The number of carbonyl (C=O) groups is 2. The van der Waals surface area contributed by atoms with Crippen molar-refractivity contribution in [2.45, 2.75) is 19.6 Å². The number of benzene rings is 1. The van der Waals surface area contributed by atoms with Gasteiger partial charge >= 0.3 is 6.09 Å². The molecule has 0 fully saturated rings. The molecular formula is C17H22N2O5. The summed E-state index contributed by atoms with van der Waals surface area (Å²) in [5.41, 5.74) is 1.72. The predicted octanol–water partition coefficient (Wildman–Crippen LogP) is 2.26. The van der Waals surface area contributed by atoms with Crippen LogP contribution in [0.1, 0.15) is 12.5 Å². The molecule has 0 aliphatic carbocycles. The summed E-state index contributed by atoms with van der Waals surface area (Å²) in [5, 5.41) is 0.957. The maximum Gasteiger partial charge on any atom is 0.421 e. The van der Waals surface area contributed by atoms with Gasteiger partial charge in [0.2, 0.25) is 6.29 Å². The van der Waals surface area contributed by atoms with Crippen LogP contribution in [0.3, 0.4) is 0 Å². The number of ether oxygens (including phenoxy) is 3. The molecule has 0 saturated heterocycles. The molecule has 24 heavy (non-hydrogen) atoms. The molecule has 0 N–H and O–H groups in total. The van der Waals surface area contributed by atoms with Crippen LogP contribution in [0.15, 0.2) is 24.4 Å². The maximum atomic E-state index is 12.4. The van der Waals surface area contributed by atoms with Gasteiger partial charge in [0.25, 0.3) is 6.47 Å². The summed E-state index contributed by atoms with van der Waals surface area (Å²) in [6, 6.07) is 5.56. The molecular weight excluding hydrogens is 312 g/mol. The highest BCUT2D eigenvalue weighted by Gasteiger charge is 2.18. The van der Waals surface area contributed by atoms with Crippen molar-refractivity contribution in [3.8, 4) is 5.75 Å². The zero-order valence-electron chi connectivity index (χ0n) is 14.3. The number of hydrogen-bond acceptors (Lipinski definition) is 6. The van der Waals surface area contributed by atoms with Crippen LogP contribution in [0.2, 0.25) is 0 Å². The van der Waals surface area contributed by atoms with Gasteiger partial charge in [0.1, 0.15) is 5.75 Å². The second kappa shape index (κ2) is 7.83. The lowest BCUT2D eigenvalue weighted by molar-refractivity contribution is -0.148. The molecule has 1 unspecified atom stereocenters. The monoisotopic (exact) mass is 334 g/mol. The molecule has 1 aromatic heterocycles. The highest BCUT2D eigenvalue weighted by atomic mass is 16.7. The third-order valence-corrected chi connectivity index (χ3v) is 3.63. The highest BCUT2D eigenvalue weighted by molar-refractivity contribution is 5.92. The lowest BCUT2D eigenvalue weighted by atomic mass is 10.1. The molecule has 2 rings (SSSR count). The number of likely N-dealkylation sites (N-methyl/N-ethyl adjacent to an activating group) is 1. The summed E-state index contributed by atoms with van der Waals surface area (Å²) in [5.74, 6) is 0.644. The fourth-order valence-electron chi connectivity index (χ4n) is 2.40. The molecule has 0 aliphatic rings. The van der Waals surface area contributed by atoms with Crippen molar-refractivity contribution >= 4 is 23.5 Å². The molecule has 7 heteroatoms. The summed E-state index contributed by atoms with van der Waals surface area (Å²) in [7, 11) is 5.56. The van der Waals surface area contributed by atoms with Gasteiger partial charge in [-0.1, -0.05) is 0 Å². The molecule has 2 aromatic rings. The Morgan fingerprint density at radius 1 is 1.38 bits per heavy atom. The number of nitrogens with zero attached hydrogens (tertiary/aromatic N) is 2. The smallest absolute Gasteiger partial charge is 0.421 e. The minimum absolute atomic E-state index is 0.247. The predicted molar refractivity (Wildman–Crippen MR) is 89.2 cm³/mol. The van der Waals surface area contributed by atoms with Crippen LogP contribution in [0.5, 0.6) is 5.75 Å². The van der Waals surface area contributed by atoms with Gasteiger partial charge in [-0.05, 0) is 38.2 Å². The first kappa shape index (κ1) is 17.8. The first-order chi connectivity index (χ1) is 11.5. The van der Waals surface area contributed by atoms with E-state index in [2.05, 4.69) is 9.64 Å². The standard InChI is InChI=1S/C17H22N2O5/c1-12(23-11-20)24-17(21)19-10-13(7-8-18(2)3)15-6-5-14(22-4)9-16(15)19/h5-6,9-12H,7-8H2,1-4H3. The molecule has 0 saturated carbocycles. The number of fused-ring (bicyclic) bond motifs is 1. The van der Waals surface area contributed by atoms with Crippen molar-refractivity contribution in [1.82, 2.24) is 9.47 Å². The van der Waals surface area contributed by atoms with Crippen molar-refractivity contribution in [2.75, 3.05) is 27.7 Å². The van der Waals surface area contributed by atoms with Crippen LogP contribution < -0.4 is 4.74 Å². The molecule has 1 atom stereocenters. The van der Waals surface area contributed by atoms with Gasteiger partial charge in [0, 0.05) is 31.1 Å². The van der Waals surface area contributed by atoms with Crippen molar-refractivity contribution in [1.29, 1.82) is 0 Å². The Morgan fingerprint density at radius 2 is 2.12 bits per heavy atom. The Bertz CT molecular complexity index is 723. The van der Waals surface area contributed by atoms with E-state index < -0.39 is 12.4 Å². The number of methoxy groups -OCH3 is 1. The van der Waals surface area contributed by atoms with E-state index >= 15 is 0 Å². The Balaban J connectivity index is 2.39. The highest BCUT2D eigenvalue weighted by Crippen LogP contribution is 2.26. The summed E-state index contributed by atoms with van der Waals surface area (Å²) >= 11 is 0. The van der Waals surface area contributed by atoms with Gasteiger partial charge in [-0.2, -0.15) is 0 Å². The molecule has 0 aliphatic heterocycles. The van der Waals surface area contributed by atoms with Crippen molar-refractivity contribution < 1.29 is 23.8 Å². The van der Waals surface area contributed by atoms with Crippen LogP contribution in [0.25, 0.3) is 10.9 Å². The van der Waals surface area contributed by atoms with Crippen LogP contribution in [0.4, 0.5) is 4.79 Å². The van der Waals surface area contributed by atoms with E-state index in [0.717, 1.165) is 23.9 Å². The van der Waals surface area contributed by atoms with Crippen molar-refractivity contribution in [3.63, 3.8) is 0 Å². The topological polar surface area (TPSA) is 70.0 Å². The van der Waals surface area contributed by atoms with Crippen LogP contribution in [0, 0.1) is 0 Å². The number of hydrogen-bond donors (Lipinski definition) is 0. The second-order valence-electron chi connectivity index (χ2n) is 5.64. The van der Waals surface area contributed by atoms with Crippen LogP contribution in [-0.2, 0) is 20.7 Å². The molecule has 0 bridgehead atoms. The number of rotatable bonds is 7. The first-order valence-electron chi connectivity index (χ1n) is 7.59. The fourth-order valence-corrected chi connectivity index (χ4v) is 2.40. The lowest BCUT2D eigenvalue weighted by Crippen LogP contribution is -2.21. The van der Waals surface area contributed by atoms with Gasteiger partial charge in [-0.3, -0.25) is 9.36 Å². The molecule has 1 aromatic carbocycles. The third-order valence-electron chi connectivity index (χ3n) is 3.63. The van der Waals surface area contributed by atoms with E-state index in [-0.39, 0.29) is 6.47 Å². The Hall–Kier alpha value is -2.54. The zero-order valence-corrected chi connectivity index (χ0v) is 14.3. The SMILES string of the molecule is COc1ccc2c(CCN(C)C)cn(C(=O)OC(C)OC=O)c2c1. The minimum Gasteiger partial charge on any atom is -0.497 e. The van der Waals surface area contributed by atoms with Gasteiger partial charge in [0.05, 0.1) is 12.6 Å². The quantitative estimate of drug-likeness (QED) is 0.571. The van der Waals surface area contributed by atoms with Crippen molar-refractivity contribution in [2.24, 2.45) is 0 Å². The lowest BCUT2D eigenvalue weighted by Gasteiger charge is -2.11. The number of carbonyl (C=O) groups excluding carboxylic acids is 2.